The van der Waals surface area contributed by atoms with Crippen LogP contribution in [0.25, 0.3) is 0 Å². The van der Waals surface area contributed by atoms with Crippen molar-refractivity contribution < 1.29 is 39.2 Å². The van der Waals surface area contributed by atoms with Gasteiger partial charge in [-0.15, -0.1) is 0 Å². The van der Waals surface area contributed by atoms with Crippen molar-refractivity contribution in [1.29, 1.82) is 0 Å². The molecule has 0 bridgehead atoms. The first-order valence-electron chi connectivity index (χ1n) is 4.76. The number of aromatic carboxylic acids is 3. The molecule has 0 heterocycles. The third-order valence-electron chi connectivity index (χ3n) is 2.27. The number of carboxylic acid groups (broad SMARTS) is 3. The van der Waals surface area contributed by atoms with Gasteiger partial charge in [0.05, 0.1) is 29.4 Å². The second kappa shape index (κ2) is 5.17. The number of rotatable bonds is 4. The van der Waals surface area contributed by atoms with Crippen LogP contribution in [0.3, 0.4) is 0 Å². The quantitative estimate of drug-likeness (QED) is 0.673. The zero-order valence-electron chi connectivity index (χ0n) is 9.54. The van der Waals surface area contributed by atoms with Crippen LogP contribution in [0.2, 0.25) is 0 Å². The predicted octanol–water partition coefficient (Wildman–Crippen LogP) is 0.568. The Labute approximate surface area is 105 Å². The number of ether oxygens (including phenoxy) is 1. The summed E-state index contributed by atoms with van der Waals surface area (Å²) in [5.41, 5.74) is -3.14. The molecular formula is C11H8O8. The molecule has 0 saturated heterocycles. The monoisotopic (exact) mass is 268 g/mol. The maximum absolute atomic E-state index is 11.4. The molecule has 0 radical (unpaired) electrons. The van der Waals surface area contributed by atoms with Crippen LogP contribution in [-0.4, -0.2) is 46.3 Å². The van der Waals surface area contributed by atoms with E-state index in [1.165, 1.54) is 0 Å². The lowest BCUT2D eigenvalue weighted by Crippen LogP contribution is -2.19. The van der Waals surface area contributed by atoms with E-state index in [1.54, 1.807) is 0 Å². The van der Waals surface area contributed by atoms with Crippen LogP contribution < -0.4 is 0 Å². The lowest BCUT2D eigenvalue weighted by molar-refractivity contribution is 0.0576. The number of hydrogen-bond donors (Lipinski definition) is 3. The van der Waals surface area contributed by atoms with Crippen molar-refractivity contribution >= 4 is 23.9 Å². The summed E-state index contributed by atoms with van der Waals surface area (Å²) in [5.74, 6) is -6.19. The van der Waals surface area contributed by atoms with Crippen molar-refractivity contribution in [2.45, 2.75) is 0 Å². The molecule has 8 heteroatoms. The van der Waals surface area contributed by atoms with E-state index in [9.17, 15) is 19.2 Å². The summed E-state index contributed by atoms with van der Waals surface area (Å²) in [6.45, 7) is 0. The van der Waals surface area contributed by atoms with Gasteiger partial charge in [0.25, 0.3) is 0 Å². The Morgan fingerprint density at radius 3 is 1.63 bits per heavy atom. The molecule has 100 valence electrons. The van der Waals surface area contributed by atoms with E-state index in [0.717, 1.165) is 19.2 Å². The van der Waals surface area contributed by atoms with E-state index >= 15 is 0 Å². The largest absolute Gasteiger partial charge is 0.478 e. The molecule has 0 atom stereocenters. The lowest BCUT2D eigenvalue weighted by Gasteiger charge is -2.10. The fourth-order valence-electron chi connectivity index (χ4n) is 1.51. The number of hydrogen-bond acceptors (Lipinski definition) is 5. The zero-order chi connectivity index (χ0) is 14.7. The molecule has 0 unspecified atom stereocenters. The SMILES string of the molecule is COC(=O)c1ccc(C(=O)O)c(C(=O)O)c1C(=O)O. The van der Waals surface area contributed by atoms with Gasteiger partial charge >= 0.3 is 23.9 Å². The first kappa shape index (κ1) is 14.2. The molecule has 3 N–H and O–H groups in total. The van der Waals surface area contributed by atoms with Crippen LogP contribution in [-0.2, 0) is 4.74 Å². The van der Waals surface area contributed by atoms with Gasteiger partial charge in [-0.2, -0.15) is 0 Å². The van der Waals surface area contributed by atoms with E-state index in [4.69, 9.17) is 15.3 Å². The zero-order valence-corrected chi connectivity index (χ0v) is 9.54. The molecular weight excluding hydrogens is 260 g/mol. The second-order valence-corrected chi connectivity index (χ2v) is 3.32. The summed E-state index contributed by atoms with van der Waals surface area (Å²) >= 11 is 0. The fraction of sp³-hybridized carbons (Fsp3) is 0.0909. The summed E-state index contributed by atoms with van der Waals surface area (Å²) in [5, 5.41) is 26.8. The predicted molar refractivity (Wildman–Crippen MR) is 58.7 cm³/mol. The smallest absolute Gasteiger partial charge is 0.338 e. The number of carboxylic acids is 3. The molecule has 1 aromatic rings. The second-order valence-electron chi connectivity index (χ2n) is 3.32. The Morgan fingerprint density at radius 1 is 0.842 bits per heavy atom. The highest BCUT2D eigenvalue weighted by molar-refractivity contribution is 6.13. The van der Waals surface area contributed by atoms with Gasteiger partial charge in [-0.3, -0.25) is 0 Å². The first-order chi connectivity index (χ1) is 8.81. The summed E-state index contributed by atoms with van der Waals surface area (Å²) in [7, 11) is 0.986. The molecule has 0 spiro atoms. The van der Waals surface area contributed by atoms with Gasteiger partial charge in [0.15, 0.2) is 0 Å². The van der Waals surface area contributed by atoms with Gasteiger partial charge in [0.2, 0.25) is 0 Å². The molecule has 19 heavy (non-hydrogen) atoms. The fourth-order valence-corrected chi connectivity index (χ4v) is 1.51. The molecule has 0 aliphatic heterocycles. The van der Waals surface area contributed by atoms with E-state index in [-0.39, 0.29) is 0 Å². The van der Waals surface area contributed by atoms with Gasteiger partial charge in [-0.25, -0.2) is 19.2 Å². The minimum atomic E-state index is -1.76. The normalized spacial score (nSPS) is 9.74. The van der Waals surface area contributed by atoms with E-state index in [1.807, 2.05) is 0 Å². The standard InChI is InChI=1S/C11H8O8/c1-19-11(18)5-3-2-4(8(12)13)6(9(14)15)7(5)10(16)17/h2-3H,1H3,(H,12,13)(H,14,15)(H,16,17). The Bertz CT molecular complexity index is 587. The average Bonchev–Trinajstić information content (AvgIpc) is 2.35. The molecule has 8 nitrogen and oxygen atoms in total. The third kappa shape index (κ3) is 2.51. The highest BCUT2D eigenvalue weighted by Crippen LogP contribution is 2.21. The Morgan fingerprint density at radius 2 is 1.26 bits per heavy atom. The first-order valence-corrected chi connectivity index (χ1v) is 4.76. The van der Waals surface area contributed by atoms with Gasteiger partial charge in [-0.1, -0.05) is 0 Å². The van der Waals surface area contributed by atoms with Crippen molar-refractivity contribution in [2.75, 3.05) is 7.11 Å². The van der Waals surface area contributed by atoms with Crippen molar-refractivity contribution in [2.24, 2.45) is 0 Å². The molecule has 1 aromatic carbocycles. The lowest BCUT2D eigenvalue weighted by atomic mass is 9.95. The van der Waals surface area contributed by atoms with E-state index < -0.39 is 46.1 Å². The van der Waals surface area contributed by atoms with Gasteiger partial charge in [-0.05, 0) is 12.1 Å². The van der Waals surface area contributed by atoms with Crippen molar-refractivity contribution in [1.82, 2.24) is 0 Å². The maximum Gasteiger partial charge on any atom is 0.338 e. The van der Waals surface area contributed by atoms with E-state index in [0.29, 0.717) is 0 Å². The van der Waals surface area contributed by atoms with Gasteiger partial charge in [0, 0.05) is 0 Å². The summed E-state index contributed by atoms with van der Waals surface area (Å²) < 4.78 is 4.32. The molecule has 0 fully saturated rings. The Balaban J connectivity index is 3.78. The van der Waals surface area contributed by atoms with Crippen molar-refractivity contribution in [3.63, 3.8) is 0 Å². The minimum absolute atomic E-state index is 0.530. The van der Waals surface area contributed by atoms with Crippen LogP contribution in [0, 0.1) is 0 Å². The molecule has 0 saturated carbocycles. The van der Waals surface area contributed by atoms with E-state index in [2.05, 4.69) is 4.74 Å². The Hall–Kier alpha value is -2.90. The van der Waals surface area contributed by atoms with Crippen LogP contribution >= 0.6 is 0 Å². The third-order valence-corrected chi connectivity index (χ3v) is 2.27. The minimum Gasteiger partial charge on any atom is -0.478 e. The number of benzene rings is 1. The molecule has 0 amide bonds. The van der Waals surface area contributed by atoms with Crippen LogP contribution in [0.1, 0.15) is 41.4 Å². The van der Waals surface area contributed by atoms with Crippen LogP contribution in [0.15, 0.2) is 12.1 Å². The topological polar surface area (TPSA) is 138 Å². The number of carbonyl (C=O) groups is 4. The summed E-state index contributed by atoms with van der Waals surface area (Å²) in [6.07, 6.45) is 0. The summed E-state index contributed by atoms with van der Waals surface area (Å²) in [4.78, 5) is 44.4. The van der Waals surface area contributed by atoms with Crippen LogP contribution in [0.4, 0.5) is 0 Å². The number of esters is 1. The molecule has 1 rings (SSSR count). The van der Waals surface area contributed by atoms with Gasteiger partial charge < -0.3 is 20.1 Å². The highest BCUT2D eigenvalue weighted by atomic mass is 16.5. The highest BCUT2D eigenvalue weighted by Gasteiger charge is 2.29. The maximum atomic E-state index is 11.4. The molecule has 0 aromatic heterocycles. The molecule has 0 aliphatic carbocycles. The van der Waals surface area contributed by atoms with Crippen molar-refractivity contribution in [3.8, 4) is 0 Å². The molecule has 0 aliphatic rings. The number of methoxy groups -OCH3 is 1. The Kier molecular flexibility index (Phi) is 3.85. The number of carbonyl (C=O) groups excluding carboxylic acids is 1. The van der Waals surface area contributed by atoms with Gasteiger partial charge in [0.1, 0.15) is 0 Å². The van der Waals surface area contributed by atoms with Crippen LogP contribution in [0.5, 0.6) is 0 Å². The average molecular weight is 268 g/mol. The summed E-state index contributed by atoms with van der Waals surface area (Å²) in [6, 6.07) is 1.73. The van der Waals surface area contributed by atoms with Crippen molar-refractivity contribution in [3.05, 3.63) is 34.4 Å².